The number of nitrogens with one attached hydrogen (secondary N) is 1. The zero-order valence-electron chi connectivity index (χ0n) is 14.0. The van der Waals surface area contributed by atoms with Crippen LogP contribution in [0, 0.1) is 0 Å². The average molecular weight is 340 g/mol. The minimum absolute atomic E-state index is 0.0631. The van der Waals surface area contributed by atoms with Crippen molar-refractivity contribution >= 4 is 17.7 Å². The lowest BCUT2D eigenvalue weighted by atomic mass is 10.2. The molecule has 1 aliphatic rings. The molecule has 0 aliphatic carbocycles. The van der Waals surface area contributed by atoms with E-state index in [1.54, 1.807) is 4.90 Å². The van der Waals surface area contributed by atoms with Gasteiger partial charge in [0.2, 0.25) is 5.91 Å². The Labute approximate surface area is 146 Å². The third-order valence-electron chi connectivity index (χ3n) is 3.96. The zero-order valence-corrected chi connectivity index (χ0v) is 14.0. The molecule has 3 rings (SSSR count). The number of alkyl carbamates (subject to hydrolysis) is 1. The Kier molecular flexibility index (Phi) is 5.18. The molecule has 130 valence electrons. The molecule has 0 saturated carbocycles. The summed E-state index contributed by atoms with van der Waals surface area (Å²) >= 11 is 0. The maximum Gasteiger partial charge on any atom is 0.407 e. The van der Waals surface area contributed by atoms with Gasteiger partial charge in [-0.15, -0.1) is 0 Å². The maximum absolute atomic E-state index is 12.1. The zero-order chi connectivity index (χ0) is 17.6. The van der Waals surface area contributed by atoms with Crippen LogP contribution in [0.15, 0.2) is 54.6 Å². The Morgan fingerprint density at radius 2 is 1.88 bits per heavy atom. The predicted octanol–water partition coefficient (Wildman–Crippen LogP) is 2.73. The molecule has 25 heavy (non-hydrogen) atoms. The number of hydrogen-bond acceptors (Lipinski definition) is 4. The average Bonchev–Trinajstić information content (AvgIpc) is 3.01. The molecule has 2 aromatic rings. The van der Waals surface area contributed by atoms with Gasteiger partial charge in [-0.05, 0) is 29.8 Å². The lowest BCUT2D eigenvalue weighted by molar-refractivity contribution is -0.117. The first-order valence-electron chi connectivity index (χ1n) is 8.11. The van der Waals surface area contributed by atoms with Gasteiger partial charge >= 0.3 is 6.09 Å². The first kappa shape index (κ1) is 16.8. The van der Waals surface area contributed by atoms with E-state index in [4.69, 9.17) is 9.47 Å². The number of amides is 2. The summed E-state index contributed by atoms with van der Waals surface area (Å²) in [5, 5.41) is 2.39. The molecule has 6 heteroatoms. The number of rotatable bonds is 5. The normalized spacial score (nSPS) is 16.6. The number of hydrogen-bond donors (Lipinski definition) is 1. The lowest BCUT2D eigenvalue weighted by Gasteiger charge is -2.17. The second kappa shape index (κ2) is 7.70. The monoisotopic (exact) mass is 340 g/mol. The van der Waals surface area contributed by atoms with Crippen molar-refractivity contribution in [1.82, 2.24) is 5.32 Å². The van der Waals surface area contributed by atoms with Gasteiger partial charge in [0.1, 0.15) is 18.5 Å². The first-order chi connectivity index (χ1) is 12.2. The molecule has 2 amide bonds. The Bertz CT molecular complexity index is 731. The molecular formula is C19H20N2O4. The van der Waals surface area contributed by atoms with Gasteiger partial charge in [-0.3, -0.25) is 4.79 Å². The molecule has 6 nitrogen and oxygen atoms in total. The van der Waals surface area contributed by atoms with Gasteiger partial charge in [-0.25, -0.2) is 4.79 Å². The molecule has 0 spiro atoms. The quantitative estimate of drug-likeness (QED) is 0.909. The van der Waals surface area contributed by atoms with E-state index in [0.29, 0.717) is 13.2 Å². The molecule has 1 fully saturated rings. The van der Waals surface area contributed by atoms with Crippen molar-refractivity contribution in [3.8, 4) is 5.75 Å². The SMILES string of the molecule is CNC(=O)O[C@H]1CC(=O)N(c2ccc(OCc3ccccc3)cc2)C1. The van der Waals surface area contributed by atoms with Crippen molar-refractivity contribution in [1.29, 1.82) is 0 Å². The molecule has 0 bridgehead atoms. The minimum atomic E-state index is -0.524. The fourth-order valence-corrected chi connectivity index (χ4v) is 2.68. The molecule has 1 atom stereocenters. The van der Waals surface area contributed by atoms with Gasteiger partial charge in [0.15, 0.2) is 0 Å². The van der Waals surface area contributed by atoms with Crippen LogP contribution >= 0.6 is 0 Å². The smallest absolute Gasteiger partial charge is 0.407 e. The molecule has 1 saturated heterocycles. The highest BCUT2D eigenvalue weighted by molar-refractivity contribution is 5.96. The third-order valence-corrected chi connectivity index (χ3v) is 3.96. The van der Waals surface area contributed by atoms with E-state index in [1.165, 1.54) is 7.05 Å². The van der Waals surface area contributed by atoms with Crippen molar-refractivity contribution in [2.45, 2.75) is 19.1 Å². The van der Waals surface area contributed by atoms with Crippen LogP contribution in [0.25, 0.3) is 0 Å². The Morgan fingerprint density at radius 1 is 1.16 bits per heavy atom. The van der Waals surface area contributed by atoms with Gasteiger partial charge in [0.25, 0.3) is 0 Å². The fraction of sp³-hybridized carbons (Fsp3) is 0.263. The minimum Gasteiger partial charge on any atom is -0.489 e. The van der Waals surface area contributed by atoms with Crippen molar-refractivity contribution in [3.63, 3.8) is 0 Å². The molecule has 2 aromatic carbocycles. The highest BCUT2D eigenvalue weighted by atomic mass is 16.6. The fourth-order valence-electron chi connectivity index (χ4n) is 2.68. The van der Waals surface area contributed by atoms with E-state index in [9.17, 15) is 9.59 Å². The van der Waals surface area contributed by atoms with E-state index in [1.807, 2.05) is 54.6 Å². The van der Waals surface area contributed by atoms with Crippen LogP contribution in [0.4, 0.5) is 10.5 Å². The van der Waals surface area contributed by atoms with Crippen LogP contribution in [0.5, 0.6) is 5.75 Å². The molecule has 1 N–H and O–H groups in total. The summed E-state index contributed by atoms with van der Waals surface area (Å²) < 4.78 is 10.9. The van der Waals surface area contributed by atoms with E-state index in [-0.39, 0.29) is 12.3 Å². The molecule has 1 aliphatic heterocycles. The van der Waals surface area contributed by atoms with E-state index < -0.39 is 12.2 Å². The van der Waals surface area contributed by atoms with Gasteiger partial charge in [0, 0.05) is 12.7 Å². The van der Waals surface area contributed by atoms with Crippen molar-refractivity contribution < 1.29 is 19.1 Å². The van der Waals surface area contributed by atoms with Crippen LogP contribution < -0.4 is 15.0 Å². The van der Waals surface area contributed by atoms with Crippen LogP contribution in [-0.2, 0) is 16.1 Å². The molecule has 0 aromatic heterocycles. The van der Waals surface area contributed by atoms with Crippen LogP contribution in [-0.4, -0.2) is 31.7 Å². The summed E-state index contributed by atoms with van der Waals surface area (Å²) in [5.41, 5.74) is 1.86. The van der Waals surface area contributed by atoms with Gasteiger partial charge in [0.05, 0.1) is 13.0 Å². The summed E-state index contributed by atoms with van der Waals surface area (Å²) in [6, 6.07) is 17.2. The lowest BCUT2D eigenvalue weighted by Crippen LogP contribution is -2.29. The van der Waals surface area contributed by atoms with Crippen LogP contribution in [0.2, 0.25) is 0 Å². The van der Waals surface area contributed by atoms with E-state index in [2.05, 4.69) is 5.32 Å². The van der Waals surface area contributed by atoms with E-state index in [0.717, 1.165) is 17.0 Å². The summed E-state index contributed by atoms with van der Waals surface area (Å²) in [7, 11) is 1.49. The number of carbonyl (C=O) groups excluding carboxylic acids is 2. The number of ether oxygens (including phenoxy) is 2. The number of carbonyl (C=O) groups is 2. The van der Waals surface area contributed by atoms with Crippen molar-refractivity contribution in [2.24, 2.45) is 0 Å². The second-order valence-corrected chi connectivity index (χ2v) is 5.75. The molecule has 0 unspecified atom stereocenters. The summed E-state index contributed by atoms with van der Waals surface area (Å²) in [6.45, 7) is 0.849. The standard InChI is InChI=1S/C19H20N2O4/c1-20-19(23)25-17-11-18(22)21(12-17)15-7-9-16(10-8-15)24-13-14-5-3-2-4-6-14/h2-10,17H,11-13H2,1H3,(H,20,23)/t17-/m0/s1. The number of anilines is 1. The largest absolute Gasteiger partial charge is 0.489 e. The Morgan fingerprint density at radius 3 is 2.56 bits per heavy atom. The van der Waals surface area contributed by atoms with Gasteiger partial charge < -0.3 is 19.7 Å². The van der Waals surface area contributed by atoms with E-state index >= 15 is 0 Å². The Balaban J connectivity index is 1.58. The summed E-state index contributed by atoms with van der Waals surface area (Å²) in [5.74, 6) is 0.671. The van der Waals surface area contributed by atoms with Gasteiger partial charge in [-0.2, -0.15) is 0 Å². The Hall–Kier alpha value is -3.02. The maximum atomic E-state index is 12.1. The van der Waals surface area contributed by atoms with Crippen molar-refractivity contribution in [3.05, 3.63) is 60.2 Å². The first-order valence-corrected chi connectivity index (χ1v) is 8.11. The highest BCUT2D eigenvalue weighted by Crippen LogP contribution is 2.25. The third kappa shape index (κ3) is 4.29. The highest BCUT2D eigenvalue weighted by Gasteiger charge is 2.33. The predicted molar refractivity (Wildman–Crippen MR) is 93.5 cm³/mol. The summed E-state index contributed by atoms with van der Waals surface area (Å²) in [4.78, 5) is 25.0. The van der Waals surface area contributed by atoms with Gasteiger partial charge in [-0.1, -0.05) is 30.3 Å². The number of benzene rings is 2. The molecule has 0 radical (unpaired) electrons. The number of nitrogens with zero attached hydrogens (tertiary/aromatic N) is 1. The topological polar surface area (TPSA) is 67.9 Å². The van der Waals surface area contributed by atoms with Crippen LogP contribution in [0.1, 0.15) is 12.0 Å². The summed E-state index contributed by atoms with van der Waals surface area (Å²) in [6.07, 6.45) is -0.759. The second-order valence-electron chi connectivity index (χ2n) is 5.75. The van der Waals surface area contributed by atoms with Crippen LogP contribution in [0.3, 0.4) is 0 Å². The molecule has 1 heterocycles. The van der Waals surface area contributed by atoms with Crippen molar-refractivity contribution in [2.75, 3.05) is 18.5 Å². The molecular weight excluding hydrogens is 320 g/mol.